The molecule has 0 N–H and O–H groups in total. The zero-order chi connectivity index (χ0) is 22.9. The van der Waals surface area contributed by atoms with Gasteiger partial charge in [-0.05, 0) is 42.5 Å². The molecule has 1 saturated heterocycles. The molecule has 0 bridgehead atoms. The van der Waals surface area contributed by atoms with Gasteiger partial charge in [0.1, 0.15) is 12.1 Å². The van der Waals surface area contributed by atoms with Crippen molar-refractivity contribution < 1.29 is 9.53 Å². The van der Waals surface area contributed by atoms with Crippen LogP contribution in [0.1, 0.15) is 10.4 Å². The molecule has 0 saturated carbocycles. The molecular weight excluding hydrogens is 465 g/mol. The van der Waals surface area contributed by atoms with Gasteiger partial charge in [-0.2, -0.15) is 4.68 Å². The fourth-order valence-electron chi connectivity index (χ4n) is 3.86. The molecule has 2 aromatic heterocycles. The van der Waals surface area contributed by atoms with Crippen LogP contribution in [0, 0.1) is 0 Å². The van der Waals surface area contributed by atoms with Gasteiger partial charge in [-0.1, -0.05) is 28.4 Å². The molecule has 4 aromatic rings. The van der Waals surface area contributed by atoms with Gasteiger partial charge in [0.05, 0.1) is 18.4 Å². The highest BCUT2D eigenvalue weighted by Gasteiger charge is 2.27. The molecule has 1 aliphatic heterocycles. The molecule has 0 unspecified atom stereocenters. The van der Waals surface area contributed by atoms with E-state index in [1.165, 1.54) is 13.4 Å². The van der Waals surface area contributed by atoms with Crippen LogP contribution in [0.15, 0.2) is 48.8 Å². The maximum Gasteiger partial charge on any atom is 0.257 e. The minimum absolute atomic E-state index is 0.115. The molecule has 0 spiro atoms. The Hall–Kier alpha value is -3.43. The lowest BCUT2D eigenvalue weighted by Gasteiger charge is -2.35. The summed E-state index contributed by atoms with van der Waals surface area (Å²) in [4.78, 5) is 25.8. The van der Waals surface area contributed by atoms with Crippen LogP contribution in [0.5, 0.6) is 5.75 Å². The standard InChI is InChI=1S/C22H19Cl2N7O2/c1-33-18-7-4-15(24)12-17(18)22(32)30-10-8-29(9-11-30)20-19-21(26-13-25-20)31(28-27-19)16-5-2-14(23)3-6-16/h2-7,12-13H,8-11H2,1H3. The number of piperazine rings is 1. The average Bonchev–Trinajstić information content (AvgIpc) is 3.28. The Labute approximate surface area is 199 Å². The van der Waals surface area contributed by atoms with E-state index in [1.807, 2.05) is 12.1 Å². The number of amides is 1. The van der Waals surface area contributed by atoms with Gasteiger partial charge in [0.15, 0.2) is 17.0 Å². The average molecular weight is 484 g/mol. The summed E-state index contributed by atoms with van der Waals surface area (Å²) >= 11 is 12.1. The number of fused-ring (bicyclic) bond motifs is 1. The second-order valence-electron chi connectivity index (χ2n) is 7.47. The molecule has 11 heteroatoms. The van der Waals surface area contributed by atoms with E-state index in [-0.39, 0.29) is 5.91 Å². The normalized spacial score (nSPS) is 14.0. The number of halogens is 2. The van der Waals surface area contributed by atoms with Crippen LogP contribution < -0.4 is 9.64 Å². The van der Waals surface area contributed by atoms with E-state index >= 15 is 0 Å². The number of methoxy groups -OCH3 is 1. The highest BCUT2D eigenvalue weighted by molar-refractivity contribution is 6.31. The number of rotatable bonds is 4. The number of hydrogen-bond acceptors (Lipinski definition) is 7. The van der Waals surface area contributed by atoms with Crippen molar-refractivity contribution >= 4 is 46.1 Å². The number of hydrogen-bond donors (Lipinski definition) is 0. The van der Waals surface area contributed by atoms with Crippen LogP contribution in [0.2, 0.25) is 10.0 Å². The van der Waals surface area contributed by atoms with Crippen molar-refractivity contribution in [3.05, 3.63) is 64.4 Å². The highest BCUT2D eigenvalue weighted by Crippen LogP contribution is 2.27. The number of benzene rings is 2. The van der Waals surface area contributed by atoms with E-state index in [4.69, 9.17) is 27.9 Å². The molecule has 0 atom stereocenters. The van der Waals surface area contributed by atoms with Crippen LogP contribution in [0.3, 0.4) is 0 Å². The third-order valence-corrected chi connectivity index (χ3v) is 6.04. The van der Waals surface area contributed by atoms with E-state index < -0.39 is 0 Å². The summed E-state index contributed by atoms with van der Waals surface area (Å²) in [7, 11) is 1.54. The second-order valence-corrected chi connectivity index (χ2v) is 8.34. The molecule has 3 heterocycles. The minimum atomic E-state index is -0.115. The molecule has 1 amide bonds. The van der Waals surface area contributed by atoms with Crippen LogP contribution >= 0.6 is 23.2 Å². The van der Waals surface area contributed by atoms with Crippen LogP contribution in [0.25, 0.3) is 16.9 Å². The van der Waals surface area contributed by atoms with Crippen LogP contribution in [-0.4, -0.2) is 69.1 Å². The Bertz CT molecular complexity index is 1320. The van der Waals surface area contributed by atoms with Crippen molar-refractivity contribution in [1.29, 1.82) is 0 Å². The first-order chi connectivity index (χ1) is 16.0. The summed E-state index contributed by atoms with van der Waals surface area (Å²) in [6, 6.07) is 12.3. The van der Waals surface area contributed by atoms with Gasteiger partial charge in [-0.15, -0.1) is 5.10 Å². The van der Waals surface area contributed by atoms with E-state index in [0.717, 1.165) is 5.69 Å². The van der Waals surface area contributed by atoms with Crippen molar-refractivity contribution in [3.8, 4) is 11.4 Å². The third kappa shape index (κ3) is 4.05. The van der Waals surface area contributed by atoms with Crippen molar-refractivity contribution in [3.63, 3.8) is 0 Å². The Morgan fingerprint density at radius 3 is 2.42 bits per heavy atom. The summed E-state index contributed by atoms with van der Waals surface area (Å²) in [5.74, 6) is 1.08. The number of carbonyl (C=O) groups excluding carboxylic acids is 1. The first-order valence-corrected chi connectivity index (χ1v) is 11.0. The Morgan fingerprint density at radius 1 is 0.970 bits per heavy atom. The van der Waals surface area contributed by atoms with Crippen molar-refractivity contribution in [1.82, 2.24) is 29.9 Å². The van der Waals surface area contributed by atoms with E-state index in [2.05, 4.69) is 25.2 Å². The van der Waals surface area contributed by atoms with Gasteiger partial charge in [0, 0.05) is 36.2 Å². The van der Waals surface area contributed by atoms with Gasteiger partial charge in [0.2, 0.25) is 0 Å². The maximum absolute atomic E-state index is 13.1. The zero-order valence-corrected chi connectivity index (χ0v) is 19.2. The number of nitrogens with zero attached hydrogens (tertiary/aromatic N) is 7. The van der Waals surface area contributed by atoms with Crippen molar-refractivity contribution in [2.45, 2.75) is 0 Å². The molecule has 1 fully saturated rings. The lowest BCUT2D eigenvalue weighted by Crippen LogP contribution is -2.49. The summed E-state index contributed by atoms with van der Waals surface area (Å²) < 4.78 is 6.99. The zero-order valence-electron chi connectivity index (χ0n) is 17.7. The number of ether oxygens (including phenoxy) is 1. The van der Waals surface area contributed by atoms with Gasteiger partial charge in [0.25, 0.3) is 5.91 Å². The first-order valence-electron chi connectivity index (χ1n) is 10.3. The van der Waals surface area contributed by atoms with Crippen molar-refractivity contribution in [2.24, 2.45) is 0 Å². The van der Waals surface area contributed by atoms with Gasteiger partial charge in [-0.3, -0.25) is 4.79 Å². The topological polar surface area (TPSA) is 89.3 Å². The van der Waals surface area contributed by atoms with Crippen LogP contribution in [0.4, 0.5) is 5.82 Å². The molecule has 0 aliphatic carbocycles. The highest BCUT2D eigenvalue weighted by atomic mass is 35.5. The fourth-order valence-corrected chi connectivity index (χ4v) is 4.16. The number of carbonyl (C=O) groups is 1. The minimum Gasteiger partial charge on any atom is -0.496 e. The number of anilines is 1. The van der Waals surface area contributed by atoms with Gasteiger partial charge >= 0.3 is 0 Å². The quantitative estimate of drug-likeness (QED) is 0.438. The summed E-state index contributed by atoms with van der Waals surface area (Å²) in [5.41, 5.74) is 2.46. The van der Waals surface area contributed by atoms with E-state index in [0.29, 0.717) is 64.5 Å². The Kier molecular flexibility index (Phi) is 5.74. The Morgan fingerprint density at radius 2 is 1.70 bits per heavy atom. The van der Waals surface area contributed by atoms with Gasteiger partial charge in [-0.25, -0.2) is 9.97 Å². The first kappa shape index (κ1) is 21.4. The maximum atomic E-state index is 13.1. The summed E-state index contributed by atoms with van der Waals surface area (Å²) in [6.07, 6.45) is 1.50. The Balaban J connectivity index is 1.36. The van der Waals surface area contributed by atoms with Gasteiger partial charge < -0.3 is 14.5 Å². The number of aromatic nitrogens is 5. The lowest BCUT2D eigenvalue weighted by molar-refractivity contribution is 0.0743. The molecule has 168 valence electrons. The molecule has 5 rings (SSSR count). The molecular formula is C22H19Cl2N7O2. The molecule has 33 heavy (non-hydrogen) atoms. The second kappa shape index (κ2) is 8.84. The van der Waals surface area contributed by atoms with E-state index in [9.17, 15) is 4.79 Å². The predicted molar refractivity (Wildman–Crippen MR) is 126 cm³/mol. The summed E-state index contributed by atoms with van der Waals surface area (Å²) in [5, 5.41) is 9.72. The lowest BCUT2D eigenvalue weighted by atomic mass is 10.1. The van der Waals surface area contributed by atoms with Crippen molar-refractivity contribution in [2.75, 3.05) is 38.2 Å². The SMILES string of the molecule is COc1ccc(Cl)cc1C(=O)N1CCN(c2ncnc3c2nnn3-c2ccc(Cl)cc2)CC1. The van der Waals surface area contributed by atoms with Crippen LogP contribution in [-0.2, 0) is 0 Å². The molecule has 1 aliphatic rings. The monoisotopic (exact) mass is 483 g/mol. The third-order valence-electron chi connectivity index (χ3n) is 5.55. The molecule has 2 aromatic carbocycles. The molecule has 9 nitrogen and oxygen atoms in total. The predicted octanol–water partition coefficient (Wildman–Crippen LogP) is 3.49. The largest absolute Gasteiger partial charge is 0.496 e. The van der Waals surface area contributed by atoms with E-state index in [1.54, 1.807) is 39.9 Å². The summed E-state index contributed by atoms with van der Waals surface area (Å²) in [6.45, 7) is 2.22. The smallest absolute Gasteiger partial charge is 0.257 e. The fraction of sp³-hybridized carbons (Fsp3) is 0.227. The molecule has 0 radical (unpaired) electrons.